The summed E-state index contributed by atoms with van der Waals surface area (Å²) in [4.78, 5) is 19.3. The number of anilines is 1. The lowest BCUT2D eigenvalue weighted by atomic mass is 10.4. The van der Waals surface area contributed by atoms with Gasteiger partial charge in [-0.3, -0.25) is 4.79 Å². The summed E-state index contributed by atoms with van der Waals surface area (Å²) in [5.74, 6) is 1.09. The van der Waals surface area contributed by atoms with Crippen molar-refractivity contribution < 1.29 is 14.3 Å². The van der Waals surface area contributed by atoms with Gasteiger partial charge in [0, 0.05) is 32.7 Å². The van der Waals surface area contributed by atoms with Gasteiger partial charge in [0.1, 0.15) is 12.1 Å². The van der Waals surface area contributed by atoms with Crippen LogP contribution in [0.2, 0.25) is 0 Å². The molecule has 1 aromatic rings. The van der Waals surface area contributed by atoms with Crippen LogP contribution in [0, 0.1) is 0 Å². The van der Waals surface area contributed by atoms with Gasteiger partial charge in [-0.1, -0.05) is 0 Å². The molecule has 0 saturated carbocycles. The molecule has 0 fully saturated rings. The summed E-state index contributed by atoms with van der Waals surface area (Å²) in [6, 6.07) is 1.67. The Morgan fingerprint density at radius 2 is 2.17 bits per heavy atom. The topological polar surface area (TPSA) is 85.4 Å². The number of amides is 1. The van der Waals surface area contributed by atoms with Crippen LogP contribution in [0.25, 0.3) is 0 Å². The van der Waals surface area contributed by atoms with E-state index in [1.165, 1.54) is 13.4 Å². The first-order valence-electron chi connectivity index (χ1n) is 5.62. The molecule has 0 saturated heterocycles. The Bertz CT molecular complexity index is 373. The van der Waals surface area contributed by atoms with E-state index < -0.39 is 0 Å². The molecule has 0 aliphatic carbocycles. The first-order valence-corrected chi connectivity index (χ1v) is 5.62. The lowest BCUT2D eigenvalue weighted by Crippen LogP contribution is -2.28. The third kappa shape index (κ3) is 5.44. The molecule has 1 amide bonds. The zero-order chi connectivity index (χ0) is 13.2. The number of methoxy groups -OCH3 is 2. The van der Waals surface area contributed by atoms with Crippen LogP contribution in [0.4, 0.5) is 5.82 Å². The molecule has 0 aliphatic rings. The number of hydrogen-bond donors (Lipinski definition) is 2. The second-order valence-corrected chi connectivity index (χ2v) is 3.47. The monoisotopic (exact) mass is 254 g/mol. The zero-order valence-corrected chi connectivity index (χ0v) is 10.6. The van der Waals surface area contributed by atoms with Gasteiger partial charge in [0.15, 0.2) is 0 Å². The number of rotatable bonds is 8. The molecular formula is C11H18N4O3. The molecule has 0 bridgehead atoms. The van der Waals surface area contributed by atoms with Crippen molar-refractivity contribution in [3.05, 3.63) is 12.4 Å². The second-order valence-electron chi connectivity index (χ2n) is 3.47. The molecule has 0 unspecified atom stereocenters. The number of nitrogens with one attached hydrogen (secondary N) is 2. The third-order valence-corrected chi connectivity index (χ3v) is 2.14. The third-order valence-electron chi connectivity index (χ3n) is 2.14. The largest absolute Gasteiger partial charge is 0.481 e. The minimum absolute atomic E-state index is 0.0272. The second kappa shape index (κ2) is 8.24. The van der Waals surface area contributed by atoms with Gasteiger partial charge in [-0.15, -0.1) is 0 Å². The molecule has 0 radical (unpaired) electrons. The molecule has 2 N–H and O–H groups in total. The van der Waals surface area contributed by atoms with Crippen molar-refractivity contribution in [1.82, 2.24) is 15.3 Å². The normalized spacial score (nSPS) is 9.89. The minimum atomic E-state index is -0.0272. The standard InChI is InChI=1S/C11H18N4O3/c1-17-6-5-13-10(16)3-4-12-9-7-11(18-2)15-8-14-9/h7-8H,3-6H2,1-2H3,(H,13,16)(H,12,14,15). The first-order chi connectivity index (χ1) is 8.76. The van der Waals surface area contributed by atoms with Gasteiger partial charge in [-0.2, -0.15) is 0 Å². The fourth-order valence-corrected chi connectivity index (χ4v) is 1.23. The highest BCUT2D eigenvalue weighted by Crippen LogP contribution is 2.09. The summed E-state index contributed by atoms with van der Waals surface area (Å²) in [6.45, 7) is 1.54. The van der Waals surface area contributed by atoms with Crippen molar-refractivity contribution in [2.45, 2.75) is 6.42 Å². The van der Waals surface area contributed by atoms with E-state index in [0.717, 1.165) is 0 Å². The van der Waals surface area contributed by atoms with Crippen molar-refractivity contribution in [2.24, 2.45) is 0 Å². The highest BCUT2D eigenvalue weighted by Gasteiger charge is 2.01. The van der Waals surface area contributed by atoms with Gasteiger partial charge < -0.3 is 20.1 Å². The van der Waals surface area contributed by atoms with Crippen molar-refractivity contribution in [1.29, 1.82) is 0 Å². The van der Waals surface area contributed by atoms with Crippen LogP contribution in [-0.4, -0.2) is 49.8 Å². The Balaban J connectivity index is 2.22. The molecule has 0 spiro atoms. The molecule has 1 rings (SSSR count). The average molecular weight is 254 g/mol. The summed E-state index contributed by atoms with van der Waals surface area (Å²) in [5, 5.41) is 5.75. The van der Waals surface area contributed by atoms with E-state index in [-0.39, 0.29) is 5.91 Å². The first kappa shape index (κ1) is 14.2. The van der Waals surface area contributed by atoms with E-state index >= 15 is 0 Å². The molecule has 0 atom stereocenters. The van der Waals surface area contributed by atoms with Gasteiger partial charge in [0.2, 0.25) is 11.8 Å². The number of nitrogens with zero attached hydrogens (tertiary/aromatic N) is 2. The van der Waals surface area contributed by atoms with E-state index in [4.69, 9.17) is 9.47 Å². The van der Waals surface area contributed by atoms with Crippen LogP contribution >= 0.6 is 0 Å². The van der Waals surface area contributed by atoms with E-state index in [1.54, 1.807) is 13.2 Å². The Hall–Kier alpha value is -1.89. The number of hydrogen-bond acceptors (Lipinski definition) is 6. The molecular weight excluding hydrogens is 236 g/mol. The highest BCUT2D eigenvalue weighted by molar-refractivity contribution is 5.76. The predicted octanol–water partition coefficient (Wildman–Crippen LogP) is 0.0498. The number of ether oxygens (including phenoxy) is 2. The van der Waals surface area contributed by atoms with E-state index in [1.807, 2.05) is 0 Å². The summed E-state index contributed by atoms with van der Waals surface area (Å²) in [5.41, 5.74) is 0. The van der Waals surface area contributed by atoms with Gasteiger partial charge in [0.05, 0.1) is 13.7 Å². The maximum atomic E-state index is 11.4. The molecule has 7 nitrogen and oxygen atoms in total. The lowest BCUT2D eigenvalue weighted by molar-refractivity contribution is -0.121. The van der Waals surface area contributed by atoms with Crippen molar-refractivity contribution >= 4 is 11.7 Å². The lowest BCUT2D eigenvalue weighted by Gasteiger charge is -2.07. The predicted molar refractivity (Wildman–Crippen MR) is 66.6 cm³/mol. The summed E-state index contributed by atoms with van der Waals surface area (Å²) >= 11 is 0. The molecule has 0 aliphatic heterocycles. The summed E-state index contributed by atoms with van der Waals surface area (Å²) in [7, 11) is 3.13. The van der Waals surface area contributed by atoms with Crippen molar-refractivity contribution in [2.75, 3.05) is 39.2 Å². The fraction of sp³-hybridized carbons (Fsp3) is 0.545. The highest BCUT2D eigenvalue weighted by atomic mass is 16.5. The van der Waals surface area contributed by atoms with E-state index in [9.17, 15) is 4.79 Å². The quantitative estimate of drug-likeness (QED) is 0.638. The zero-order valence-electron chi connectivity index (χ0n) is 10.6. The van der Waals surface area contributed by atoms with Crippen LogP contribution in [-0.2, 0) is 9.53 Å². The van der Waals surface area contributed by atoms with Gasteiger partial charge in [-0.05, 0) is 0 Å². The SMILES string of the molecule is COCCNC(=O)CCNc1cc(OC)ncn1. The number of carbonyl (C=O) groups excluding carboxylic acids is 1. The summed E-state index contributed by atoms with van der Waals surface area (Å²) < 4.78 is 9.79. The van der Waals surface area contributed by atoms with Crippen molar-refractivity contribution in [3.8, 4) is 5.88 Å². The van der Waals surface area contributed by atoms with Gasteiger partial charge >= 0.3 is 0 Å². The minimum Gasteiger partial charge on any atom is -0.481 e. The van der Waals surface area contributed by atoms with Crippen LogP contribution < -0.4 is 15.4 Å². The average Bonchev–Trinajstić information content (AvgIpc) is 2.39. The molecule has 1 aromatic heterocycles. The molecule has 0 aromatic carbocycles. The van der Waals surface area contributed by atoms with Crippen LogP contribution in [0.3, 0.4) is 0 Å². The van der Waals surface area contributed by atoms with Gasteiger partial charge in [0.25, 0.3) is 0 Å². The van der Waals surface area contributed by atoms with Crippen LogP contribution in [0.5, 0.6) is 5.88 Å². The van der Waals surface area contributed by atoms with Crippen LogP contribution in [0.1, 0.15) is 6.42 Å². The van der Waals surface area contributed by atoms with Crippen LogP contribution in [0.15, 0.2) is 12.4 Å². The van der Waals surface area contributed by atoms with E-state index in [2.05, 4.69) is 20.6 Å². The number of aromatic nitrogens is 2. The molecule has 7 heteroatoms. The molecule has 100 valence electrons. The molecule has 18 heavy (non-hydrogen) atoms. The molecule has 1 heterocycles. The Morgan fingerprint density at radius 3 is 2.89 bits per heavy atom. The fourth-order valence-electron chi connectivity index (χ4n) is 1.23. The maximum absolute atomic E-state index is 11.4. The Morgan fingerprint density at radius 1 is 1.33 bits per heavy atom. The number of carbonyl (C=O) groups is 1. The summed E-state index contributed by atoms with van der Waals surface area (Å²) in [6.07, 6.45) is 1.77. The van der Waals surface area contributed by atoms with E-state index in [0.29, 0.717) is 37.8 Å². The smallest absolute Gasteiger partial charge is 0.221 e. The van der Waals surface area contributed by atoms with Gasteiger partial charge in [-0.25, -0.2) is 9.97 Å². The maximum Gasteiger partial charge on any atom is 0.221 e. The Kier molecular flexibility index (Phi) is 6.49. The van der Waals surface area contributed by atoms with Crippen molar-refractivity contribution in [3.63, 3.8) is 0 Å². The Labute approximate surface area is 106 Å².